The number of benzene rings is 1. The number of hydrogen-bond acceptors (Lipinski definition) is 5. The second-order valence-corrected chi connectivity index (χ2v) is 7.50. The van der Waals surface area contributed by atoms with E-state index in [2.05, 4.69) is 0 Å². The van der Waals surface area contributed by atoms with Crippen LogP contribution in [0, 0.1) is 5.82 Å². The summed E-state index contributed by atoms with van der Waals surface area (Å²) in [6.07, 6.45) is -0.172. The molecule has 0 spiro atoms. The molecule has 1 fully saturated rings. The zero-order valence-electron chi connectivity index (χ0n) is 16.0. The predicted molar refractivity (Wildman–Crippen MR) is 97.2 cm³/mol. The molecule has 1 aliphatic rings. The molecule has 1 heterocycles. The Morgan fingerprint density at radius 2 is 1.96 bits per heavy atom. The molecular weight excluding hydrogens is 339 g/mol. The van der Waals surface area contributed by atoms with Gasteiger partial charge >= 0.3 is 6.09 Å². The van der Waals surface area contributed by atoms with Crippen molar-refractivity contribution in [2.75, 3.05) is 31.6 Å². The molecule has 0 radical (unpaired) electrons. The van der Waals surface area contributed by atoms with Gasteiger partial charge in [0, 0.05) is 37.8 Å². The van der Waals surface area contributed by atoms with Gasteiger partial charge in [-0.25, -0.2) is 9.18 Å². The smallest absolute Gasteiger partial charge is 0.410 e. The molecule has 0 bridgehead atoms. The number of rotatable bonds is 4. The van der Waals surface area contributed by atoms with Crippen molar-refractivity contribution in [3.8, 4) is 5.75 Å². The van der Waals surface area contributed by atoms with Crippen molar-refractivity contribution in [2.45, 2.75) is 45.8 Å². The van der Waals surface area contributed by atoms with Crippen molar-refractivity contribution in [2.24, 2.45) is 0 Å². The summed E-state index contributed by atoms with van der Waals surface area (Å²) in [5.41, 5.74) is 0.194. The molecule has 1 aromatic rings. The molecule has 0 saturated carbocycles. The Morgan fingerprint density at radius 1 is 1.27 bits per heavy atom. The molecule has 0 aromatic heterocycles. The minimum atomic E-state index is -0.598. The maximum atomic E-state index is 13.7. The fraction of sp³-hybridized carbons (Fsp3) is 0.579. The quantitative estimate of drug-likeness (QED) is 0.819. The average molecular weight is 366 g/mol. The number of anilines is 1. The zero-order chi connectivity index (χ0) is 19.5. The van der Waals surface area contributed by atoms with E-state index in [4.69, 9.17) is 9.47 Å². The van der Waals surface area contributed by atoms with Crippen LogP contribution in [0.1, 0.15) is 34.1 Å². The minimum absolute atomic E-state index is 0.00194. The Balaban J connectivity index is 2.19. The van der Waals surface area contributed by atoms with Crippen LogP contribution in [0.25, 0.3) is 0 Å². The number of ketones is 1. The van der Waals surface area contributed by atoms with Gasteiger partial charge in [-0.2, -0.15) is 0 Å². The Labute approximate surface area is 153 Å². The van der Waals surface area contributed by atoms with Gasteiger partial charge < -0.3 is 19.3 Å². The standard InChI is InChI=1S/C19H27FN2O4/c1-13(23)10-15-12-21(14-6-7-16(20)17(11-14)25-5)8-9-22(15)18(24)26-19(2,3)4/h6-7,11,15H,8-10,12H2,1-5H3/t15-/m1/s1. The van der Waals surface area contributed by atoms with Crippen molar-refractivity contribution in [1.29, 1.82) is 0 Å². The molecule has 26 heavy (non-hydrogen) atoms. The van der Waals surface area contributed by atoms with Gasteiger partial charge in [0.05, 0.1) is 13.2 Å². The van der Waals surface area contributed by atoms with E-state index in [-0.39, 0.29) is 24.0 Å². The largest absolute Gasteiger partial charge is 0.494 e. The molecule has 144 valence electrons. The zero-order valence-corrected chi connectivity index (χ0v) is 16.0. The third-order valence-corrected chi connectivity index (χ3v) is 4.13. The van der Waals surface area contributed by atoms with Crippen molar-refractivity contribution < 1.29 is 23.5 Å². The van der Waals surface area contributed by atoms with Crippen LogP contribution in [0.4, 0.5) is 14.9 Å². The third-order valence-electron chi connectivity index (χ3n) is 4.13. The van der Waals surface area contributed by atoms with E-state index in [0.717, 1.165) is 5.69 Å². The van der Waals surface area contributed by atoms with Crippen LogP contribution in [0.2, 0.25) is 0 Å². The van der Waals surface area contributed by atoms with Gasteiger partial charge in [-0.1, -0.05) is 0 Å². The predicted octanol–water partition coefficient (Wildman–Crippen LogP) is 3.24. The maximum Gasteiger partial charge on any atom is 0.410 e. The normalized spacial score (nSPS) is 17.8. The van der Waals surface area contributed by atoms with Crippen LogP contribution in [0.3, 0.4) is 0 Å². The number of hydrogen-bond donors (Lipinski definition) is 0. The Kier molecular flexibility index (Phi) is 6.10. The van der Waals surface area contributed by atoms with Crippen LogP contribution in [0.5, 0.6) is 5.75 Å². The number of methoxy groups -OCH3 is 1. The Bertz CT molecular complexity index is 672. The summed E-state index contributed by atoms with van der Waals surface area (Å²) in [4.78, 5) is 27.8. The molecule has 1 aromatic carbocycles. The molecule has 2 rings (SSSR count). The Morgan fingerprint density at radius 3 is 2.54 bits per heavy atom. The SMILES string of the molecule is COc1cc(N2CCN(C(=O)OC(C)(C)C)[C@H](CC(C)=O)C2)ccc1F. The van der Waals surface area contributed by atoms with Crippen LogP contribution in [-0.4, -0.2) is 55.2 Å². The highest BCUT2D eigenvalue weighted by Gasteiger charge is 2.34. The first-order chi connectivity index (χ1) is 12.1. The summed E-state index contributed by atoms with van der Waals surface area (Å²) in [6, 6.07) is 4.36. The third kappa shape index (κ3) is 5.09. The van der Waals surface area contributed by atoms with Gasteiger partial charge in [0.1, 0.15) is 11.4 Å². The van der Waals surface area contributed by atoms with Crippen molar-refractivity contribution in [1.82, 2.24) is 4.90 Å². The fourth-order valence-electron chi connectivity index (χ4n) is 3.00. The van der Waals surface area contributed by atoms with E-state index in [0.29, 0.717) is 19.6 Å². The number of amides is 1. The highest BCUT2D eigenvalue weighted by atomic mass is 19.1. The molecule has 0 aliphatic carbocycles. The van der Waals surface area contributed by atoms with E-state index in [9.17, 15) is 14.0 Å². The maximum absolute atomic E-state index is 13.7. The van der Waals surface area contributed by atoms with E-state index in [1.807, 2.05) is 25.7 Å². The lowest BCUT2D eigenvalue weighted by atomic mass is 10.1. The first-order valence-corrected chi connectivity index (χ1v) is 8.68. The van der Waals surface area contributed by atoms with Gasteiger partial charge in [0.25, 0.3) is 0 Å². The van der Waals surface area contributed by atoms with Gasteiger partial charge in [0.15, 0.2) is 11.6 Å². The molecule has 0 unspecified atom stereocenters. The van der Waals surface area contributed by atoms with E-state index < -0.39 is 17.5 Å². The first kappa shape index (κ1) is 20.0. The van der Waals surface area contributed by atoms with Crippen molar-refractivity contribution >= 4 is 17.6 Å². The van der Waals surface area contributed by atoms with Gasteiger partial charge in [-0.05, 0) is 39.8 Å². The molecule has 1 saturated heterocycles. The number of carbonyl (C=O) groups is 2. The van der Waals surface area contributed by atoms with E-state index in [1.165, 1.54) is 20.1 Å². The summed E-state index contributed by atoms with van der Waals surface area (Å²) in [5, 5.41) is 0. The Hall–Kier alpha value is -2.31. The summed E-state index contributed by atoms with van der Waals surface area (Å²) in [6.45, 7) is 8.39. The van der Waals surface area contributed by atoms with Crippen molar-refractivity contribution in [3.63, 3.8) is 0 Å². The molecule has 1 amide bonds. The van der Waals surface area contributed by atoms with Crippen LogP contribution in [-0.2, 0) is 9.53 Å². The monoisotopic (exact) mass is 366 g/mol. The number of ether oxygens (including phenoxy) is 2. The van der Waals surface area contributed by atoms with Crippen LogP contribution < -0.4 is 9.64 Å². The topological polar surface area (TPSA) is 59.1 Å². The van der Waals surface area contributed by atoms with Crippen LogP contribution >= 0.6 is 0 Å². The minimum Gasteiger partial charge on any atom is -0.494 e. The van der Waals surface area contributed by atoms with Crippen LogP contribution in [0.15, 0.2) is 18.2 Å². The summed E-state index contributed by atoms with van der Waals surface area (Å²) in [7, 11) is 1.42. The number of carbonyl (C=O) groups excluding carboxylic acids is 2. The molecule has 6 nitrogen and oxygen atoms in total. The number of Topliss-reactive ketones (excluding diaryl/α,β-unsaturated/α-hetero) is 1. The molecule has 0 N–H and O–H groups in total. The summed E-state index contributed by atoms with van der Waals surface area (Å²) in [5.74, 6) is -0.258. The number of halogens is 1. The van der Waals surface area contributed by atoms with Gasteiger partial charge in [0.2, 0.25) is 0 Å². The first-order valence-electron chi connectivity index (χ1n) is 8.68. The fourth-order valence-corrected chi connectivity index (χ4v) is 3.00. The van der Waals surface area contributed by atoms with Gasteiger partial charge in [-0.15, -0.1) is 0 Å². The number of nitrogens with zero attached hydrogens (tertiary/aromatic N) is 2. The highest BCUT2D eigenvalue weighted by molar-refractivity contribution is 5.78. The lowest BCUT2D eigenvalue weighted by Crippen LogP contribution is -2.56. The van der Waals surface area contributed by atoms with Crippen molar-refractivity contribution in [3.05, 3.63) is 24.0 Å². The van der Waals surface area contributed by atoms with E-state index in [1.54, 1.807) is 17.0 Å². The molecule has 7 heteroatoms. The highest BCUT2D eigenvalue weighted by Crippen LogP contribution is 2.27. The summed E-state index contributed by atoms with van der Waals surface area (Å²) < 4.78 is 24.2. The average Bonchev–Trinajstić information content (AvgIpc) is 2.53. The van der Waals surface area contributed by atoms with Gasteiger partial charge in [-0.3, -0.25) is 4.79 Å². The van der Waals surface area contributed by atoms with E-state index >= 15 is 0 Å². The second kappa shape index (κ2) is 7.93. The second-order valence-electron chi connectivity index (χ2n) is 7.50. The molecule has 1 atom stereocenters. The lowest BCUT2D eigenvalue weighted by Gasteiger charge is -2.42. The lowest BCUT2D eigenvalue weighted by molar-refractivity contribution is -0.118. The molecular formula is C19H27FN2O4. The summed E-state index contributed by atoms with van der Waals surface area (Å²) >= 11 is 0. The molecule has 1 aliphatic heterocycles. The number of piperazine rings is 1.